The van der Waals surface area contributed by atoms with Crippen LogP contribution in [0.5, 0.6) is 0 Å². The number of aryl methyl sites for hydroxylation is 1. The number of halogens is 4. The van der Waals surface area contributed by atoms with Crippen molar-refractivity contribution in [3.63, 3.8) is 0 Å². The zero-order valence-electron chi connectivity index (χ0n) is 22.4. The second kappa shape index (κ2) is 11.8. The Morgan fingerprint density at radius 3 is 2.36 bits per heavy atom. The van der Waals surface area contributed by atoms with Gasteiger partial charge in [-0.1, -0.05) is 19.1 Å². The largest absolute Gasteiger partial charge is 0.390 e. The second-order valence-corrected chi connectivity index (χ2v) is 12.7. The fraction of sp³-hybridized carbons (Fsp3) is 0.500. The lowest BCUT2D eigenvalue weighted by Gasteiger charge is -2.32. The van der Waals surface area contributed by atoms with E-state index in [1.165, 1.54) is 12.1 Å². The Kier molecular flexibility index (Phi) is 8.80. The van der Waals surface area contributed by atoms with E-state index in [1.54, 1.807) is 12.3 Å². The minimum Gasteiger partial charge on any atom is -0.351 e. The Hall–Kier alpha value is -2.79. The normalized spacial score (nSPS) is 18.6. The van der Waals surface area contributed by atoms with Gasteiger partial charge in [0, 0.05) is 29.2 Å². The van der Waals surface area contributed by atoms with E-state index in [-0.39, 0.29) is 5.56 Å². The highest BCUT2D eigenvalue weighted by molar-refractivity contribution is 7.90. The zero-order valence-corrected chi connectivity index (χ0v) is 23.2. The molecule has 39 heavy (non-hydrogen) atoms. The van der Waals surface area contributed by atoms with Gasteiger partial charge in [0.1, 0.15) is 5.82 Å². The van der Waals surface area contributed by atoms with Crippen molar-refractivity contribution >= 4 is 26.7 Å². The van der Waals surface area contributed by atoms with Crippen LogP contribution in [0, 0.1) is 5.82 Å². The number of hydrogen-bond donors (Lipinski definition) is 1. The van der Waals surface area contributed by atoms with E-state index in [0.29, 0.717) is 30.0 Å². The molecule has 0 amide bonds. The number of nitrogens with zero attached hydrogens (tertiary/aromatic N) is 3. The topological polar surface area (TPSA) is 75.2 Å². The molecule has 0 bridgehead atoms. The van der Waals surface area contributed by atoms with Gasteiger partial charge < -0.3 is 10.2 Å². The Labute approximate surface area is 226 Å². The van der Waals surface area contributed by atoms with Crippen LogP contribution >= 0.6 is 0 Å². The Morgan fingerprint density at radius 2 is 1.74 bits per heavy atom. The van der Waals surface area contributed by atoms with Crippen LogP contribution in [0.4, 0.5) is 23.5 Å². The molecule has 1 N–H and O–H groups in total. The number of benzene rings is 2. The summed E-state index contributed by atoms with van der Waals surface area (Å²) >= 11 is 0. The molecular formula is C28H34F4N4O2S. The van der Waals surface area contributed by atoms with Gasteiger partial charge in [-0.3, -0.25) is 0 Å². The number of hydrogen-bond acceptors (Lipinski definition) is 6. The number of alkyl halides is 3. The smallest absolute Gasteiger partial charge is 0.351 e. The van der Waals surface area contributed by atoms with Crippen LogP contribution < -0.4 is 5.32 Å². The molecular weight excluding hydrogens is 532 g/mol. The van der Waals surface area contributed by atoms with Gasteiger partial charge in [0.15, 0.2) is 9.84 Å². The Bertz CT molecular complexity index is 1420. The lowest BCUT2D eigenvalue weighted by Crippen LogP contribution is -2.36. The van der Waals surface area contributed by atoms with E-state index in [4.69, 9.17) is 4.98 Å². The molecule has 1 aromatic heterocycles. The van der Waals surface area contributed by atoms with Crippen molar-refractivity contribution in [2.75, 3.05) is 25.2 Å². The summed E-state index contributed by atoms with van der Waals surface area (Å²) in [5.74, 6) is -2.05. The van der Waals surface area contributed by atoms with Gasteiger partial charge in [0.05, 0.1) is 23.4 Å². The molecule has 4 rings (SSSR count). The highest BCUT2D eigenvalue weighted by Gasteiger charge is 2.30. The number of fused-ring (bicyclic) bond motifs is 1. The van der Waals surface area contributed by atoms with E-state index >= 15 is 0 Å². The summed E-state index contributed by atoms with van der Waals surface area (Å²) in [5.41, 5.74) is 2.87. The molecule has 0 atom stereocenters. The summed E-state index contributed by atoms with van der Waals surface area (Å²) in [5, 5.41) is 4.27. The lowest BCUT2D eigenvalue weighted by molar-refractivity contribution is -0.129. The molecule has 1 saturated carbocycles. The molecule has 0 spiro atoms. The summed E-state index contributed by atoms with van der Waals surface area (Å²) < 4.78 is 76.3. The summed E-state index contributed by atoms with van der Waals surface area (Å²) in [6.07, 6.45) is 0.734. The SMILES string of the molecule is CCc1cc(-c2ccc(CS(=O)(=O)CCC(F)(F)F)c(F)c2)cc2cnc(NC3CCC(N(C)C)CC3)nc12. The van der Waals surface area contributed by atoms with Crippen LogP contribution in [0.15, 0.2) is 36.5 Å². The predicted molar refractivity (Wildman–Crippen MR) is 146 cm³/mol. The summed E-state index contributed by atoms with van der Waals surface area (Å²) in [4.78, 5) is 11.6. The molecule has 6 nitrogen and oxygen atoms in total. The summed E-state index contributed by atoms with van der Waals surface area (Å²) in [6, 6.07) is 8.82. The number of aromatic nitrogens is 2. The van der Waals surface area contributed by atoms with Gasteiger partial charge >= 0.3 is 6.18 Å². The van der Waals surface area contributed by atoms with Crippen molar-refractivity contribution in [2.45, 2.75) is 69.5 Å². The Balaban J connectivity index is 1.52. The molecule has 2 aromatic carbocycles. The van der Waals surface area contributed by atoms with Crippen molar-refractivity contribution in [3.05, 3.63) is 53.5 Å². The van der Waals surface area contributed by atoms with Crippen molar-refractivity contribution in [1.82, 2.24) is 14.9 Å². The number of rotatable bonds is 9. The molecule has 0 saturated heterocycles. The number of sulfone groups is 1. The number of nitrogens with one attached hydrogen (secondary N) is 1. The quantitative estimate of drug-likeness (QED) is 0.313. The van der Waals surface area contributed by atoms with Gasteiger partial charge in [-0.2, -0.15) is 13.2 Å². The minimum absolute atomic E-state index is 0.156. The highest BCUT2D eigenvalue weighted by Crippen LogP contribution is 2.30. The first-order valence-corrected chi connectivity index (χ1v) is 14.9. The van der Waals surface area contributed by atoms with Crippen LogP contribution in [0.25, 0.3) is 22.0 Å². The van der Waals surface area contributed by atoms with Crippen LogP contribution in [0.3, 0.4) is 0 Å². The third-order valence-electron chi connectivity index (χ3n) is 7.36. The van der Waals surface area contributed by atoms with E-state index in [1.807, 2.05) is 19.1 Å². The van der Waals surface area contributed by atoms with Crippen LogP contribution in [0.1, 0.15) is 50.2 Å². The molecule has 0 unspecified atom stereocenters. The third kappa shape index (κ3) is 7.66. The predicted octanol–water partition coefficient (Wildman–Crippen LogP) is 6.15. The molecule has 212 valence electrons. The maximum Gasteiger partial charge on any atom is 0.390 e. The van der Waals surface area contributed by atoms with E-state index < -0.39 is 39.8 Å². The molecule has 0 aliphatic heterocycles. The average molecular weight is 567 g/mol. The first-order valence-electron chi connectivity index (χ1n) is 13.1. The average Bonchev–Trinajstić information content (AvgIpc) is 2.88. The molecule has 1 fully saturated rings. The molecule has 1 aliphatic carbocycles. The molecule has 3 aromatic rings. The van der Waals surface area contributed by atoms with E-state index in [9.17, 15) is 26.0 Å². The monoisotopic (exact) mass is 566 g/mol. The van der Waals surface area contributed by atoms with Crippen LogP contribution in [-0.2, 0) is 22.0 Å². The van der Waals surface area contributed by atoms with Crippen molar-refractivity contribution in [1.29, 1.82) is 0 Å². The van der Waals surface area contributed by atoms with Gasteiger partial charge in [0.25, 0.3) is 0 Å². The fourth-order valence-electron chi connectivity index (χ4n) is 5.07. The fourth-order valence-corrected chi connectivity index (χ4v) is 6.46. The Morgan fingerprint density at radius 1 is 1.03 bits per heavy atom. The molecule has 1 heterocycles. The van der Waals surface area contributed by atoms with Crippen LogP contribution in [0.2, 0.25) is 0 Å². The van der Waals surface area contributed by atoms with Gasteiger partial charge in [-0.15, -0.1) is 0 Å². The number of anilines is 1. The summed E-state index contributed by atoms with van der Waals surface area (Å²) in [6.45, 7) is 2.01. The van der Waals surface area contributed by atoms with E-state index in [0.717, 1.165) is 47.7 Å². The molecule has 1 aliphatic rings. The second-order valence-electron chi connectivity index (χ2n) is 10.5. The maximum absolute atomic E-state index is 14.9. The molecule has 0 radical (unpaired) electrons. The van der Waals surface area contributed by atoms with Gasteiger partial charge in [0.2, 0.25) is 5.95 Å². The highest BCUT2D eigenvalue weighted by atomic mass is 32.2. The van der Waals surface area contributed by atoms with Crippen molar-refractivity contribution in [3.8, 4) is 11.1 Å². The standard InChI is InChI=1S/C28H34F4N4O2S/c1-4-18-13-21(19-5-6-20(25(29)15-19)17-39(37,38)12-11-28(30,31)32)14-22-16-33-27(35-26(18)22)34-23-7-9-24(10-8-23)36(2)3/h5-6,13-16,23-24H,4,7-12,17H2,1-3H3,(H,33,34,35). The van der Waals surface area contributed by atoms with Crippen molar-refractivity contribution in [2.24, 2.45) is 0 Å². The minimum atomic E-state index is -4.59. The zero-order chi connectivity index (χ0) is 28.4. The lowest BCUT2D eigenvalue weighted by atomic mass is 9.90. The van der Waals surface area contributed by atoms with Crippen molar-refractivity contribution < 1.29 is 26.0 Å². The van der Waals surface area contributed by atoms with Crippen LogP contribution in [-0.4, -0.2) is 61.4 Å². The molecule has 11 heteroatoms. The first kappa shape index (κ1) is 29.2. The third-order valence-corrected chi connectivity index (χ3v) is 8.94. The van der Waals surface area contributed by atoms with Gasteiger partial charge in [-0.05, 0) is 81.1 Å². The van der Waals surface area contributed by atoms with Gasteiger partial charge in [-0.25, -0.2) is 22.8 Å². The van der Waals surface area contributed by atoms with E-state index in [2.05, 4.69) is 29.3 Å². The first-order chi connectivity index (χ1) is 18.3. The maximum atomic E-state index is 14.9. The summed E-state index contributed by atoms with van der Waals surface area (Å²) in [7, 11) is 0.112.